The molecule has 0 aliphatic rings. The molecule has 3 rings (SSSR count). The van der Waals surface area contributed by atoms with Crippen molar-refractivity contribution in [2.75, 3.05) is 7.11 Å². The van der Waals surface area contributed by atoms with Crippen LogP contribution in [0.3, 0.4) is 0 Å². The van der Waals surface area contributed by atoms with E-state index in [0.29, 0.717) is 27.9 Å². The lowest BCUT2D eigenvalue weighted by atomic mass is 10.1. The van der Waals surface area contributed by atoms with E-state index in [4.69, 9.17) is 4.42 Å². The van der Waals surface area contributed by atoms with Gasteiger partial charge in [0.15, 0.2) is 11.4 Å². The molecule has 1 heterocycles. The summed E-state index contributed by atoms with van der Waals surface area (Å²) in [7, 11) is 1.29. The monoisotopic (exact) mass is 311 g/mol. The normalized spacial score (nSPS) is 10.7. The predicted molar refractivity (Wildman–Crippen MR) is 83.2 cm³/mol. The van der Waals surface area contributed by atoms with Gasteiger partial charge in [0.2, 0.25) is 0 Å². The van der Waals surface area contributed by atoms with Crippen molar-refractivity contribution in [3.8, 4) is 5.69 Å². The molecule has 0 N–H and O–H groups in total. The molecule has 1 aromatic heterocycles. The van der Waals surface area contributed by atoms with Gasteiger partial charge in [-0.2, -0.15) is 0 Å². The number of esters is 1. The third-order valence-corrected chi connectivity index (χ3v) is 3.53. The van der Waals surface area contributed by atoms with Crippen molar-refractivity contribution in [3.63, 3.8) is 0 Å². The van der Waals surface area contributed by atoms with Crippen LogP contribution in [0.1, 0.15) is 27.6 Å². The number of ketones is 1. The number of rotatable bonds is 3. The van der Waals surface area contributed by atoms with Crippen molar-refractivity contribution < 1.29 is 18.7 Å². The molecule has 0 bridgehead atoms. The number of ether oxygens (including phenoxy) is 1. The second-order valence-electron chi connectivity index (χ2n) is 4.98. The number of oxazole rings is 1. The van der Waals surface area contributed by atoms with Crippen LogP contribution in [0.4, 0.5) is 0 Å². The first-order chi connectivity index (χ1) is 11.0. The number of hydrogen-bond acceptors (Lipinski definition) is 5. The van der Waals surface area contributed by atoms with Gasteiger partial charge in [-0.1, -0.05) is 0 Å². The third-order valence-electron chi connectivity index (χ3n) is 3.53. The van der Waals surface area contributed by atoms with Gasteiger partial charge in [-0.3, -0.25) is 4.79 Å². The predicted octanol–water partition coefficient (Wildman–Crippen LogP) is 2.57. The summed E-state index contributed by atoms with van der Waals surface area (Å²) >= 11 is 0. The summed E-state index contributed by atoms with van der Waals surface area (Å²) in [6.45, 7) is 1.47. The Balaban J connectivity index is 2.19. The smallest absolute Gasteiger partial charge is 0.424 e. The van der Waals surface area contributed by atoms with E-state index in [1.54, 1.807) is 30.3 Å². The van der Waals surface area contributed by atoms with Crippen molar-refractivity contribution in [2.45, 2.75) is 6.92 Å². The fourth-order valence-corrected chi connectivity index (χ4v) is 2.35. The summed E-state index contributed by atoms with van der Waals surface area (Å²) in [5.41, 5.74) is 2.22. The van der Waals surface area contributed by atoms with Crippen LogP contribution in [0.15, 0.2) is 51.7 Å². The summed E-state index contributed by atoms with van der Waals surface area (Å²) in [6.07, 6.45) is 0. The van der Waals surface area contributed by atoms with Gasteiger partial charge < -0.3 is 9.15 Å². The molecule has 23 heavy (non-hydrogen) atoms. The van der Waals surface area contributed by atoms with Crippen LogP contribution in [0.5, 0.6) is 0 Å². The topological polar surface area (TPSA) is 78.5 Å². The van der Waals surface area contributed by atoms with Crippen molar-refractivity contribution >= 4 is 22.9 Å². The first-order valence-corrected chi connectivity index (χ1v) is 6.86. The number of hydrogen-bond donors (Lipinski definition) is 0. The van der Waals surface area contributed by atoms with Crippen molar-refractivity contribution in [1.29, 1.82) is 0 Å². The maximum absolute atomic E-state index is 12.1. The number of benzene rings is 2. The molecule has 0 fully saturated rings. The Labute approximate surface area is 130 Å². The van der Waals surface area contributed by atoms with E-state index in [0.717, 1.165) is 0 Å². The number of aromatic nitrogens is 1. The van der Waals surface area contributed by atoms with Crippen LogP contribution in [-0.2, 0) is 4.74 Å². The molecule has 0 aliphatic carbocycles. The highest BCUT2D eigenvalue weighted by molar-refractivity contribution is 5.95. The number of Topliss-reactive ketones (excluding diaryl/α,β-unsaturated/α-hetero) is 1. The van der Waals surface area contributed by atoms with Gasteiger partial charge in [0.1, 0.15) is 0 Å². The highest BCUT2D eigenvalue weighted by Crippen LogP contribution is 2.20. The zero-order valence-corrected chi connectivity index (χ0v) is 12.5. The number of carbonyl (C=O) groups is 2. The fourth-order valence-electron chi connectivity index (χ4n) is 2.35. The van der Waals surface area contributed by atoms with Crippen molar-refractivity contribution in [3.05, 3.63) is 64.1 Å². The van der Waals surface area contributed by atoms with Crippen LogP contribution >= 0.6 is 0 Å². The lowest BCUT2D eigenvalue weighted by molar-refractivity contribution is 0.0600. The Morgan fingerprint density at radius 2 is 1.70 bits per heavy atom. The number of carbonyl (C=O) groups excluding carboxylic acids is 2. The zero-order valence-electron chi connectivity index (χ0n) is 12.5. The summed E-state index contributed by atoms with van der Waals surface area (Å²) in [6, 6.07) is 11.2. The third kappa shape index (κ3) is 2.55. The summed E-state index contributed by atoms with van der Waals surface area (Å²) in [4.78, 5) is 35.1. The van der Waals surface area contributed by atoms with Crippen molar-refractivity contribution in [2.24, 2.45) is 0 Å². The zero-order chi connectivity index (χ0) is 16.6. The molecule has 3 aromatic rings. The Bertz CT molecular complexity index is 963. The first-order valence-electron chi connectivity index (χ1n) is 6.86. The Hall–Kier alpha value is -3.15. The molecular formula is C17H13NO5. The lowest BCUT2D eigenvalue weighted by Gasteiger charge is -2.04. The molecule has 0 amide bonds. The van der Waals surface area contributed by atoms with E-state index < -0.39 is 11.7 Å². The van der Waals surface area contributed by atoms with Gasteiger partial charge in [-0.15, -0.1) is 0 Å². The summed E-state index contributed by atoms with van der Waals surface area (Å²) in [5.74, 6) is -1.13. The minimum Gasteiger partial charge on any atom is -0.465 e. The average Bonchev–Trinajstić information content (AvgIpc) is 2.89. The maximum atomic E-state index is 12.1. The van der Waals surface area contributed by atoms with Gasteiger partial charge in [-0.05, 0) is 49.4 Å². The van der Waals surface area contributed by atoms with Crippen LogP contribution in [0, 0.1) is 0 Å². The molecule has 0 aliphatic heterocycles. The molecule has 0 spiro atoms. The van der Waals surface area contributed by atoms with E-state index in [1.165, 1.54) is 30.7 Å². The molecule has 0 radical (unpaired) electrons. The maximum Gasteiger partial charge on any atom is 0.424 e. The van der Waals surface area contributed by atoms with Crippen LogP contribution in [0.25, 0.3) is 16.8 Å². The van der Waals surface area contributed by atoms with E-state index in [2.05, 4.69) is 4.74 Å². The van der Waals surface area contributed by atoms with Gasteiger partial charge in [0, 0.05) is 5.56 Å². The molecule has 6 nitrogen and oxygen atoms in total. The molecule has 116 valence electrons. The minimum atomic E-state index is -0.572. The quantitative estimate of drug-likeness (QED) is 0.548. The summed E-state index contributed by atoms with van der Waals surface area (Å²) < 4.78 is 11.2. The van der Waals surface area contributed by atoms with Crippen LogP contribution in [-0.4, -0.2) is 23.4 Å². The number of fused-ring (bicyclic) bond motifs is 1. The highest BCUT2D eigenvalue weighted by Gasteiger charge is 2.14. The standard InChI is InChI=1S/C17H13NO5/c1-10(19)11-3-6-13(7-4-11)18-14-9-12(16(20)22-2)5-8-15(14)23-17(18)21/h3-9H,1-2H3. The van der Waals surface area contributed by atoms with E-state index in [9.17, 15) is 14.4 Å². The summed E-state index contributed by atoms with van der Waals surface area (Å²) in [5, 5.41) is 0. The molecule has 6 heteroatoms. The Morgan fingerprint density at radius 3 is 2.30 bits per heavy atom. The first kappa shape index (κ1) is 14.8. The number of methoxy groups -OCH3 is 1. The van der Waals surface area contributed by atoms with Crippen molar-refractivity contribution in [1.82, 2.24) is 4.57 Å². The van der Waals surface area contributed by atoms with Gasteiger partial charge in [0.25, 0.3) is 0 Å². The second kappa shape index (κ2) is 5.57. The van der Waals surface area contributed by atoms with E-state index >= 15 is 0 Å². The van der Waals surface area contributed by atoms with Gasteiger partial charge in [0.05, 0.1) is 23.9 Å². The second-order valence-corrected chi connectivity index (χ2v) is 4.98. The number of nitrogens with zero attached hydrogens (tertiary/aromatic N) is 1. The van der Waals surface area contributed by atoms with E-state index in [1.807, 2.05) is 0 Å². The molecule has 2 aromatic carbocycles. The average molecular weight is 311 g/mol. The highest BCUT2D eigenvalue weighted by atomic mass is 16.5. The molecule has 0 atom stereocenters. The largest absolute Gasteiger partial charge is 0.465 e. The minimum absolute atomic E-state index is 0.0612. The SMILES string of the molecule is COC(=O)c1ccc2oc(=O)n(-c3ccc(C(C)=O)cc3)c2c1. The van der Waals surface area contributed by atoms with Gasteiger partial charge >= 0.3 is 11.7 Å². The molecule has 0 saturated heterocycles. The fraction of sp³-hybridized carbons (Fsp3) is 0.118. The Morgan fingerprint density at radius 1 is 1.04 bits per heavy atom. The lowest BCUT2D eigenvalue weighted by Crippen LogP contribution is -2.12. The van der Waals surface area contributed by atoms with Crippen LogP contribution < -0.4 is 5.76 Å². The molecule has 0 saturated carbocycles. The molecular weight excluding hydrogens is 298 g/mol. The Kier molecular flexibility index (Phi) is 3.57. The van der Waals surface area contributed by atoms with Crippen LogP contribution in [0.2, 0.25) is 0 Å². The van der Waals surface area contributed by atoms with E-state index in [-0.39, 0.29) is 5.78 Å². The van der Waals surface area contributed by atoms with Gasteiger partial charge in [-0.25, -0.2) is 14.2 Å². The molecule has 0 unspecified atom stereocenters.